The molecule has 0 spiro atoms. The van der Waals surface area contributed by atoms with Crippen molar-refractivity contribution in [1.29, 1.82) is 0 Å². The van der Waals surface area contributed by atoms with E-state index in [9.17, 15) is 14.7 Å². The molecule has 0 bridgehead atoms. The minimum absolute atomic E-state index is 0.202. The number of hydrogen-bond acceptors (Lipinski definition) is 6. The molecule has 0 fully saturated rings. The largest absolute Gasteiger partial charge is 0.390 e. The number of benzene rings is 3. The van der Waals surface area contributed by atoms with E-state index in [0.717, 1.165) is 27.4 Å². The van der Waals surface area contributed by atoms with Crippen LogP contribution in [-0.4, -0.2) is 52.5 Å². The van der Waals surface area contributed by atoms with Crippen LogP contribution in [0.15, 0.2) is 84.2 Å². The molecule has 0 saturated carbocycles. The first kappa shape index (κ1) is 29.7. The highest BCUT2D eigenvalue weighted by atomic mass is 32.1. The Kier molecular flexibility index (Phi) is 10.4. The van der Waals surface area contributed by atoms with Crippen molar-refractivity contribution in [2.45, 2.75) is 38.6 Å². The summed E-state index contributed by atoms with van der Waals surface area (Å²) in [6.45, 7) is 3.09. The second kappa shape index (κ2) is 14.4. The number of nitrogens with one attached hydrogen (secondary N) is 2. The molecule has 210 valence electrons. The molecule has 4 rings (SSSR count). The lowest BCUT2D eigenvalue weighted by Crippen LogP contribution is -2.48. The van der Waals surface area contributed by atoms with E-state index in [1.165, 1.54) is 11.3 Å². The number of aryl methyl sites for hydroxylation is 1. The molecule has 0 saturated heterocycles. The number of aliphatic hydroxyl groups is 1. The Morgan fingerprint density at radius 3 is 2.49 bits per heavy atom. The van der Waals surface area contributed by atoms with Crippen molar-refractivity contribution in [3.63, 3.8) is 0 Å². The predicted molar refractivity (Wildman–Crippen MR) is 163 cm³/mol. The Balaban J connectivity index is 1.43. The van der Waals surface area contributed by atoms with Gasteiger partial charge in [0.1, 0.15) is 5.01 Å². The fourth-order valence-corrected chi connectivity index (χ4v) is 5.27. The van der Waals surface area contributed by atoms with E-state index in [1.54, 1.807) is 36.2 Å². The van der Waals surface area contributed by atoms with E-state index in [0.29, 0.717) is 30.6 Å². The monoisotopic (exact) mass is 566 g/mol. The number of hydrogen-bond donors (Lipinski definition) is 3. The van der Waals surface area contributed by atoms with E-state index >= 15 is 0 Å². The Bertz CT molecular complexity index is 1510. The van der Waals surface area contributed by atoms with Crippen LogP contribution >= 0.6 is 11.3 Å². The molecule has 2 unspecified atom stereocenters. The van der Waals surface area contributed by atoms with Crippen LogP contribution in [0.25, 0.3) is 0 Å². The van der Waals surface area contributed by atoms with E-state index in [-0.39, 0.29) is 18.4 Å². The SMILES string of the molecule is C#Cc1cccc(CNCC(O)C(Cc2ccccc2)NC(=O)c2cccc(C(=O)N(C)Cc3nc(C)cs3)c2)c1. The highest BCUT2D eigenvalue weighted by molar-refractivity contribution is 7.09. The summed E-state index contributed by atoms with van der Waals surface area (Å²) in [5.41, 5.74) is 4.46. The molecule has 1 aromatic heterocycles. The summed E-state index contributed by atoms with van der Waals surface area (Å²) < 4.78 is 0. The molecule has 0 aliphatic carbocycles. The third-order valence-corrected chi connectivity index (χ3v) is 7.56. The van der Waals surface area contributed by atoms with Crippen LogP contribution in [0.2, 0.25) is 0 Å². The molecule has 0 radical (unpaired) electrons. The number of carbonyl (C=O) groups excluding carboxylic acids is 2. The number of thiazole rings is 1. The van der Waals surface area contributed by atoms with Crippen LogP contribution in [0.1, 0.15) is 48.1 Å². The molecule has 2 amide bonds. The van der Waals surface area contributed by atoms with Crippen LogP contribution in [0.3, 0.4) is 0 Å². The van der Waals surface area contributed by atoms with Crippen LogP contribution in [0, 0.1) is 19.3 Å². The first-order valence-corrected chi connectivity index (χ1v) is 14.3. The van der Waals surface area contributed by atoms with Crippen LogP contribution < -0.4 is 10.6 Å². The summed E-state index contributed by atoms with van der Waals surface area (Å²) in [4.78, 5) is 32.5. The van der Waals surface area contributed by atoms with Gasteiger partial charge in [0.15, 0.2) is 0 Å². The number of aliphatic hydroxyl groups excluding tert-OH is 1. The topological polar surface area (TPSA) is 94.6 Å². The molecule has 3 aromatic carbocycles. The highest BCUT2D eigenvalue weighted by Gasteiger charge is 2.23. The molecular formula is C33H34N4O3S. The minimum Gasteiger partial charge on any atom is -0.390 e. The second-order valence-electron chi connectivity index (χ2n) is 9.94. The summed E-state index contributed by atoms with van der Waals surface area (Å²) in [5, 5.41) is 20.2. The van der Waals surface area contributed by atoms with E-state index in [1.807, 2.05) is 66.9 Å². The molecule has 7 nitrogen and oxygen atoms in total. The first-order chi connectivity index (χ1) is 19.8. The number of nitrogens with zero attached hydrogens (tertiary/aromatic N) is 2. The van der Waals surface area contributed by atoms with Gasteiger partial charge >= 0.3 is 0 Å². The molecule has 1 heterocycles. The zero-order valence-electron chi connectivity index (χ0n) is 23.2. The van der Waals surface area contributed by atoms with Gasteiger partial charge in [0, 0.05) is 47.9 Å². The highest BCUT2D eigenvalue weighted by Crippen LogP contribution is 2.15. The summed E-state index contributed by atoms with van der Waals surface area (Å²) in [6, 6.07) is 23.4. The van der Waals surface area contributed by atoms with Gasteiger partial charge in [-0.05, 0) is 54.8 Å². The summed E-state index contributed by atoms with van der Waals surface area (Å²) in [5.74, 6) is 2.06. The van der Waals surface area contributed by atoms with Crippen molar-refractivity contribution in [3.8, 4) is 12.3 Å². The lowest BCUT2D eigenvalue weighted by Gasteiger charge is -2.25. The fourth-order valence-electron chi connectivity index (χ4n) is 4.44. The molecule has 8 heteroatoms. The second-order valence-corrected chi connectivity index (χ2v) is 10.9. The number of amides is 2. The number of terminal acetylenes is 1. The van der Waals surface area contributed by atoms with Gasteiger partial charge in [0.05, 0.1) is 18.7 Å². The van der Waals surface area contributed by atoms with Crippen molar-refractivity contribution in [2.75, 3.05) is 13.6 Å². The molecular weight excluding hydrogens is 532 g/mol. The van der Waals surface area contributed by atoms with Crippen molar-refractivity contribution in [2.24, 2.45) is 0 Å². The quantitative estimate of drug-likeness (QED) is 0.224. The van der Waals surface area contributed by atoms with Crippen LogP contribution in [0.5, 0.6) is 0 Å². The van der Waals surface area contributed by atoms with Gasteiger partial charge in [-0.3, -0.25) is 9.59 Å². The Morgan fingerprint density at radius 1 is 1.02 bits per heavy atom. The smallest absolute Gasteiger partial charge is 0.253 e. The average Bonchev–Trinajstić information content (AvgIpc) is 3.41. The maximum atomic E-state index is 13.4. The van der Waals surface area contributed by atoms with Crippen molar-refractivity contribution < 1.29 is 14.7 Å². The van der Waals surface area contributed by atoms with Gasteiger partial charge in [0.25, 0.3) is 11.8 Å². The Labute approximate surface area is 245 Å². The molecule has 41 heavy (non-hydrogen) atoms. The number of rotatable bonds is 12. The number of aromatic nitrogens is 1. The maximum Gasteiger partial charge on any atom is 0.253 e. The zero-order chi connectivity index (χ0) is 29.2. The zero-order valence-corrected chi connectivity index (χ0v) is 24.0. The lowest BCUT2D eigenvalue weighted by molar-refractivity contribution is 0.0784. The van der Waals surface area contributed by atoms with Crippen LogP contribution in [0.4, 0.5) is 0 Å². The third-order valence-electron chi connectivity index (χ3n) is 6.61. The van der Waals surface area contributed by atoms with Crippen molar-refractivity contribution >= 4 is 23.2 Å². The first-order valence-electron chi connectivity index (χ1n) is 13.4. The minimum atomic E-state index is -0.868. The van der Waals surface area contributed by atoms with Gasteiger partial charge in [-0.15, -0.1) is 17.8 Å². The van der Waals surface area contributed by atoms with Gasteiger partial charge in [-0.25, -0.2) is 4.98 Å². The van der Waals surface area contributed by atoms with Gasteiger partial charge in [-0.1, -0.05) is 54.5 Å². The van der Waals surface area contributed by atoms with Crippen LogP contribution in [-0.2, 0) is 19.5 Å². The van der Waals surface area contributed by atoms with Gasteiger partial charge in [0.2, 0.25) is 0 Å². The average molecular weight is 567 g/mol. The molecule has 0 aliphatic rings. The molecule has 0 aliphatic heterocycles. The predicted octanol–water partition coefficient (Wildman–Crippen LogP) is 4.20. The van der Waals surface area contributed by atoms with Crippen molar-refractivity contribution in [3.05, 3.63) is 123 Å². The molecule has 2 atom stereocenters. The number of carbonyl (C=O) groups is 2. The van der Waals surface area contributed by atoms with E-state index in [4.69, 9.17) is 6.42 Å². The normalized spacial score (nSPS) is 12.2. The lowest BCUT2D eigenvalue weighted by atomic mass is 10.00. The summed E-state index contributed by atoms with van der Waals surface area (Å²) >= 11 is 1.51. The van der Waals surface area contributed by atoms with E-state index < -0.39 is 12.1 Å². The van der Waals surface area contributed by atoms with Gasteiger partial charge < -0.3 is 20.6 Å². The Hall–Kier alpha value is -4.29. The standard InChI is InChI=1S/C33H34N4O3S/c1-4-24-12-8-13-26(16-24)19-34-20-30(38)29(17-25-10-6-5-7-11-25)36-32(39)27-14-9-15-28(18-27)33(40)37(3)21-31-35-23(2)22-41-31/h1,5-16,18,22,29-30,34,38H,17,19-21H2,2-3H3,(H,36,39). The fraction of sp³-hybridized carbons (Fsp3) is 0.242. The van der Waals surface area contributed by atoms with Crippen molar-refractivity contribution in [1.82, 2.24) is 20.5 Å². The maximum absolute atomic E-state index is 13.4. The summed E-state index contributed by atoms with van der Waals surface area (Å²) in [6.07, 6.45) is 5.07. The summed E-state index contributed by atoms with van der Waals surface area (Å²) in [7, 11) is 1.72. The molecule has 4 aromatic rings. The van der Waals surface area contributed by atoms with Gasteiger partial charge in [-0.2, -0.15) is 0 Å². The van der Waals surface area contributed by atoms with E-state index in [2.05, 4.69) is 21.5 Å². The molecule has 3 N–H and O–H groups in total. The third kappa shape index (κ3) is 8.60. The Morgan fingerprint density at radius 2 is 1.76 bits per heavy atom.